The van der Waals surface area contributed by atoms with E-state index in [0.717, 1.165) is 58.7 Å². The summed E-state index contributed by atoms with van der Waals surface area (Å²) in [4.78, 5) is 20.7. The molecule has 2 N–H and O–H groups in total. The number of benzene rings is 1. The van der Waals surface area contributed by atoms with E-state index in [1.165, 1.54) is 25.7 Å². The van der Waals surface area contributed by atoms with Crippen LogP contribution in [0.3, 0.4) is 0 Å². The van der Waals surface area contributed by atoms with Crippen LogP contribution in [-0.4, -0.2) is 41.7 Å². The highest BCUT2D eigenvalue weighted by molar-refractivity contribution is 5.95. The second kappa shape index (κ2) is 9.34. The average Bonchev–Trinajstić information content (AvgIpc) is 3.30. The number of pyridine rings is 2. The van der Waals surface area contributed by atoms with E-state index < -0.39 is 0 Å². The lowest BCUT2D eigenvalue weighted by Gasteiger charge is -2.30. The first-order valence-corrected chi connectivity index (χ1v) is 12.4. The van der Waals surface area contributed by atoms with Gasteiger partial charge in [0.2, 0.25) is 5.88 Å². The van der Waals surface area contributed by atoms with E-state index in [4.69, 9.17) is 14.2 Å². The molecule has 8 nitrogen and oxygen atoms in total. The Balaban J connectivity index is 1.00. The van der Waals surface area contributed by atoms with Crippen LogP contribution in [0.4, 0.5) is 5.69 Å². The molecule has 0 bridgehead atoms. The number of nitrogens with zero attached hydrogens (tertiary/aromatic N) is 2. The highest BCUT2D eigenvalue weighted by atomic mass is 16.5. The van der Waals surface area contributed by atoms with Gasteiger partial charge in [-0.2, -0.15) is 0 Å². The molecular formula is C27H30N4O4. The first-order chi connectivity index (χ1) is 17.1. The van der Waals surface area contributed by atoms with E-state index in [9.17, 15) is 4.79 Å². The van der Waals surface area contributed by atoms with Gasteiger partial charge in [-0.1, -0.05) is 6.07 Å². The molecule has 1 saturated carbocycles. The van der Waals surface area contributed by atoms with Crippen molar-refractivity contribution in [3.8, 4) is 17.4 Å². The summed E-state index contributed by atoms with van der Waals surface area (Å²) in [6, 6.07) is 10.3. The monoisotopic (exact) mass is 474 g/mol. The lowest BCUT2D eigenvalue weighted by atomic mass is 9.82. The molecule has 0 radical (unpaired) electrons. The van der Waals surface area contributed by atoms with Crippen molar-refractivity contribution < 1.29 is 19.0 Å². The van der Waals surface area contributed by atoms with E-state index in [-0.39, 0.29) is 18.6 Å². The quantitative estimate of drug-likeness (QED) is 0.557. The fourth-order valence-electron chi connectivity index (χ4n) is 5.55. The molecule has 3 aromatic rings. The van der Waals surface area contributed by atoms with Crippen LogP contribution in [0.5, 0.6) is 17.4 Å². The van der Waals surface area contributed by atoms with Gasteiger partial charge in [-0.05, 0) is 61.8 Å². The van der Waals surface area contributed by atoms with Crippen LogP contribution in [0.15, 0.2) is 36.5 Å². The van der Waals surface area contributed by atoms with Crippen molar-refractivity contribution in [2.45, 2.75) is 57.2 Å². The molecule has 35 heavy (non-hydrogen) atoms. The molecule has 1 aromatic carbocycles. The zero-order valence-corrected chi connectivity index (χ0v) is 19.9. The number of methoxy groups -OCH3 is 1. The molecule has 3 aliphatic rings. The number of carbonyl (C=O) groups is 1. The Bertz CT molecular complexity index is 1260. The predicted octanol–water partition coefficient (Wildman–Crippen LogP) is 4.01. The predicted molar refractivity (Wildman–Crippen MR) is 132 cm³/mol. The second-order valence-electron chi connectivity index (χ2n) is 9.77. The van der Waals surface area contributed by atoms with Gasteiger partial charge < -0.3 is 24.8 Å². The van der Waals surface area contributed by atoms with Crippen molar-refractivity contribution in [2.24, 2.45) is 5.92 Å². The molecule has 0 saturated heterocycles. The third-order valence-electron chi connectivity index (χ3n) is 7.40. The Morgan fingerprint density at radius 1 is 1.14 bits per heavy atom. The lowest BCUT2D eigenvalue weighted by Crippen LogP contribution is -2.34. The summed E-state index contributed by atoms with van der Waals surface area (Å²) in [5.41, 5.74) is 4.85. The zero-order valence-electron chi connectivity index (χ0n) is 19.9. The van der Waals surface area contributed by atoms with Gasteiger partial charge in [0.1, 0.15) is 17.6 Å². The zero-order chi connectivity index (χ0) is 23.8. The van der Waals surface area contributed by atoms with E-state index >= 15 is 0 Å². The first-order valence-electron chi connectivity index (χ1n) is 12.4. The third kappa shape index (κ3) is 4.62. The number of rotatable bonds is 6. The molecule has 2 aromatic heterocycles. The standard InChI is InChI=1S/C27H30N4O4/c1-33-26-9-7-21-27(31-26)20-12-19(35-24(20)14-29-21)10-16-2-5-18(6-3-16)28-13-17-4-8-23-22(11-17)30-25(32)15-34-23/h4,7-9,11,14,16,18-19,28H,2-3,5-6,10,12-13,15H2,1H3,(H,30,32)/t16-,18-,19?. The van der Waals surface area contributed by atoms with Crippen LogP contribution in [0.25, 0.3) is 11.0 Å². The highest BCUT2D eigenvalue weighted by Gasteiger charge is 2.30. The maximum absolute atomic E-state index is 11.6. The van der Waals surface area contributed by atoms with Gasteiger partial charge in [0, 0.05) is 30.6 Å². The number of hydrogen-bond donors (Lipinski definition) is 2. The number of anilines is 1. The summed E-state index contributed by atoms with van der Waals surface area (Å²) < 4.78 is 17.0. The minimum absolute atomic E-state index is 0.0882. The molecule has 1 unspecified atom stereocenters. The Morgan fingerprint density at radius 3 is 2.89 bits per heavy atom. The van der Waals surface area contributed by atoms with Crippen LogP contribution in [0.2, 0.25) is 0 Å². The van der Waals surface area contributed by atoms with Gasteiger partial charge in [0.25, 0.3) is 5.91 Å². The molecule has 1 fully saturated rings. The molecule has 1 atom stereocenters. The topological polar surface area (TPSA) is 94.6 Å². The smallest absolute Gasteiger partial charge is 0.262 e. The number of aromatic nitrogens is 2. The van der Waals surface area contributed by atoms with Gasteiger partial charge in [-0.15, -0.1) is 0 Å². The van der Waals surface area contributed by atoms with Crippen molar-refractivity contribution in [1.29, 1.82) is 0 Å². The molecule has 1 amide bonds. The molecule has 4 heterocycles. The summed E-state index contributed by atoms with van der Waals surface area (Å²) in [6.07, 6.45) is 8.71. The molecule has 8 heteroatoms. The highest BCUT2D eigenvalue weighted by Crippen LogP contribution is 2.38. The summed E-state index contributed by atoms with van der Waals surface area (Å²) in [5, 5.41) is 6.58. The maximum Gasteiger partial charge on any atom is 0.262 e. The van der Waals surface area contributed by atoms with Gasteiger partial charge in [-0.25, -0.2) is 4.98 Å². The first kappa shape index (κ1) is 22.1. The Kier molecular flexibility index (Phi) is 5.90. The summed E-state index contributed by atoms with van der Waals surface area (Å²) in [7, 11) is 1.64. The Morgan fingerprint density at radius 2 is 2.03 bits per heavy atom. The number of hydrogen-bond acceptors (Lipinski definition) is 7. The largest absolute Gasteiger partial charge is 0.488 e. The Hall–Kier alpha value is -3.39. The van der Waals surface area contributed by atoms with Crippen LogP contribution >= 0.6 is 0 Å². The van der Waals surface area contributed by atoms with Crippen molar-refractivity contribution in [1.82, 2.24) is 15.3 Å². The number of ether oxygens (including phenoxy) is 3. The van der Waals surface area contributed by atoms with Crippen LogP contribution in [0.1, 0.15) is 43.2 Å². The minimum atomic E-state index is -0.101. The normalized spacial score (nSPS) is 23.1. The SMILES string of the molecule is COc1ccc2ncc3c(c2n1)CC(C[C@H]1CC[C@H](NCc2ccc4c(c2)NC(=O)CO4)CC1)O3. The van der Waals surface area contributed by atoms with E-state index in [1.54, 1.807) is 7.11 Å². The van der Waals surface area contributed by atoms with E-state index in [0.29, 0.717) is 17.8 Å². The fraction of sp³-hybridized carbons (Fsp3) is 0.444. The maximum atomic E-state index is 11.6. The molecular weight excluding hydrogens is 444 g/mol. The van der Waals surface area contributed by atoms with Crippen LogP contribution in [-0.2, 0) is 17.8 Å². The van der Waals surface area contributed by atoms with E-state index in [1.807, 2.05) is 30.5 Å². The van der Waals surface area contributed by atoms with Crippen LogP contribution in [0, 0.1) is 5.92 Å². The summed E-state index contributed by atoms with van der Waals surface area (Å²) >= 11 is 0. The summed E-state index contributed by atoms with van der Waals surface area (Å²) in [5.74, 6) is 2.78. The number of amides is 1. The van der Waals surface area contributed by atoms with Gasteiger partial charge in [0.05, 0.1) is 30.0 Å². The van der Waals surface area contributed by atoms with Crippen molar-refractivity contribution >= 4 is 22.6 Å². The van der Waals surface area contributed by atoms with Crippen molar-refractivity contribution in [2.75, 3.05) is 19.0 Å². The average molecular weight is 475 g/mol. The fourth-order valence-corrected chi connectivity index (χ4v) is 5.55. The van der Waals surface area contributed by atoms with Crippen molar-refractivity contribution in [3.05, 3.63) is 47.7 Å². The van der Waals surface area contributed by atoms with Gasteiger partial charge in [-0.3, -0.25) is 9.78 Å². The van der Waals surface area contributed by atoms with E-state index in [2.05, 4.69) is 26.7 Å². The third-order valence-corrected chi connectivity index (χ3v) is 7.40. The molecule has 2 aliphatic heterocycles. The van der Waals surface area contributed by atoms with Crippen LogP contribution < -0.4 is 24.8 Å². The number of fused-ring (bicyclic) bond motifs is 4. The number of nitrogens with one attached hydrogen (secondary N) is 2. The molecule has 6 rings (SSSR count). The Labute approximate surface area is 204 Å². The van der Waals surface area contributed by atoms with Gasteiger partial charge in [0.15, 0.2) is 6.61 Å². The molecule has 182 valence electrons. The van der Waals surface area contributed by atoms with Gasteiger partial charge >= 0.3 is 0 Å². The lowest BCUT2D eigenvalue weighted by molar-refractivity contribution is -0.118. The number of carbonyl (C=O) groups excluding carboxylic acids is 1. The molecule has 1 aliphatic carbocycles. The molecule has 0 spiro atoms. The summed E-state index contributed by atoms with van der Waals surface area (Å²) in [6.45, 7) is 0.876. The second-order valence-corrected chi connectivity index (χ2v) is 9.77. The minimum Gasteiger partial charge on any atom is -0.488 e. The van der Waals surface area contributed by atoms with Crippen molar-refractivity contribution in [3.63, 3.8) is 0 Å².